The van der Waals surface area contributed by atoms with Crippen molar-refractivity contribution < 1.29 is 4.39 Å². The largest absolute Gasteiger partial charge is 0.379 e. The minimum atomic E-state index is -0.178. The second kappa shape index (κ2) is 5.87. The van der Waals surface area contributed by atoms with E-state index in [4.69, 9.17) is 0 Å². The molecule has 0 aliphatic rings. The van der Waals surface area contributed by atoms with E-state index in [0.29, 0.717) is 12.1 Å². The fourth-order valence-electron chi connectivity index (χ4n) is 2.00. The van der Waals surface area contributed by atoms with Gasteiger partial charge in [-0.15, -0.1) is 0 Å². The Morgan fingerprint density at radius 3 is 2.68 bits per heavy atom. The fourth-order valence-corrected chi connectivity index (χ4v) is 2.00. The number of halogens is 1. The molecule has 0 spiro atoms. The third-order valence-corrected chi connectivity index (χ3v) is 3.22. The molecule has 0 aliphatic heterocycles. The molecule has 1 aromatic carbocycles. The molecule has 1 N–H and O–H groups in total. The Labute approximate surface area is 113 Å². The van der Waals surface area contributed by atoms with Crippen LogP contribution in [0.5, 0.6) is 0 Å². The molecular weight excluding hydrogens is 241 g/mol. The Kier molecular flexibility index (Phi) is 4.20. The smallest absolute Gasteiger partial charge is 0.128 e. The SMILES string of the molecule is CCc1cc(CNc2ccc(C)c(F)c2)n(CC)n1. The summed E-state index contributed by atoms with van der Waals surface area (Å²) >= 11 is 0. The van der Waals surface area contributed by atoms with Gasteiger partial charge in [0, 0.05) is 12.2 Å². The summed E-state index contributed by atoms with van der Waals surface area (Å²) in [7, 11) is 0. The number of nitrogens with one attached hydrogen (secondary N) is 1. The van der Waals surface area contributed by atoms with Crippen molar-refractivity contribution in [3.05, 3.63) is 47.0 Å². The van der Waals surface area contributed by atoms with E-state index in [-0.39, 0.29) is 5.82 Å². The number of hydrogen-bond acceptors (Lipinski definition) is 2. The molecule has 0 saturated carbocycles. The molecule has 0 fully saturated rings. The van der Waals surface area contributed by atoms with E-state index in [0.717, 1.165) is 30.0 Å². The molecule has 0 aliphatic carbocycles. The summed E-state index contributed by atoms with van der Waals surface area (Å²) in [5.74, 6) is -0.178. The maximum Gasteiger partial charge on any atom is 0.128 e. The number of nitrogens with zero attached hydrogens (tertiary/aromatic N) is 2. The predicted octanol–water partition coefficient (Wildman–Crippen LogP) is 3.53. The Balaban J connectivity index is 2.09. The van der Waals surface area contributed by atoms with Gasteiger partial charge in [-0.2, -0.15) is 5.10 Å². The van der Waals surface area contributed by atoms with Crippen molar-refractivity contribution in [2.24, 2.45) is 0 Å². The molecule has 4 heteroatoms. The lowest BCUT2D eigenvalue weighted by Gasteiger charge is -2.08. The van der Waals surface area contributed by atoms with Gasteiger partial charge in [-0.05, 0) is 44.0 Å². The lowest BCUT2D eigenvalue weighted by molar-refractivity contribution is 0.615. The molecule has 3 nitrogen and oxygen atoms in total. The zero-order valence-electron chi connectivity index (χ0n) is 11.7. The second-order valence-corrected chi connectivity index (χ2v) is 4.61. The summed E-state index contributed by atoms with van der Waals surface area (Å²) in [4.78, 5) is 0. The first kappa shape index (κ1) is 13.6. The molecule has 2 aromatic rings. The van der Waals surface area contributed by atoms with Gasteiger partial charge < -0.3 is 5.32 Å². The highest BCUT2D eigenvalue weighted by Crippen LogP contribution is 2.15. The zero-order valence-corrected chi connectivity index (χ0v) is 11.7. The van der Waals surface area contributed by atoms with E-state index in [1.807, 2.05) is 10.7 Å². The number of rotatable bonds is 5. The lowest BCUT2D eigenvalue weighted by Crippen LogP contribution is -2.08. The van der Waals surface area contributed by atoms with E-state index in [1.54, 1.807) is 13.0 Å². The van der Waals surface area contributed by atoms with E-state index in [9.17, 15) is 4.39 Å². The number of anilines is 1. The minimum absolute atomic E-state index is 0.178. The summed E-state index contributed by atoms with van der Waals surface area (Å²) in [5, 5.41) is 7.73. The van der Waals surface area contributed by atoms with Crippen molar-refractivity contribution >= 4 is 5.69 Å². The Hall–Kier alpha value is -1.84. The maximum absolute atomic E-state index is 13.5. The van der Waals surface area contributed by atoms with Crippen LogP contribution in [0, 0.1) is 12.7 Å². The fraction of sp³-hybridized carbons (Fsp3) is 0.400. The average molecular weight is 261 g/mol. The third-order valence-electron chi connectivity index (χ3n) is 3.22. The van der Waals surface area contributed by atoms with E-state index in [1.165, 1.54) is 6.07 Å². The van der Waals surface area contributed by atoms with Gasteiger partial charge in [0.1, 0.15) is 5.82 Å². The van der Waals surface area contributed by atoms with Crippen molar-refractivity contribution in [3.8, 4) is 0 Å². The van der Waals surface area contributed by atoms with Crippen LogP contribution in [0.3, 0.4) is 0 Å². The van der Waals surface area contributed by atoms with Gasteiger partial charge in [0.25, 0.3) is 0 Å². The number of hydrogen-bond donors (Lipinski definition) is 1. The molecule has 0 radical (unpaired) electrons. The second-order valence-electron chi connectivity index (χ2n) is 4.61. The van der Waals surface area contributed by atoms with Crippen LogP contribution >= 0.6 is 0 Å². The van der Waals surface area contributed by atoms with Crippen LogP contribution in [0.15, 0.2) is 24.3 Å². The van der Waals surface area contributed by atoms with Gasteiger partial charge >= 0.3 is 0 Å². The van der Waals surface area contributed by atoms with Gasteiger partial charge in [0.2, 0.25) is 0 Å². The highest BCUT2D eigenvalue weighted by molar-refractivity contribution is 5.45. The lowest BCUT2D eigenvalue weighted by atomic mass is 10.2. The Morgan fingerprint density at radius 2 is 2.05 bits per heavy atom. The molecule has 0 amide bonds. The van der Waals surface area contributed by atoms with E-state index in [2.05, 4.69) is 30.3 Å². The summed E-state index contributed by atoms with van der Waals surface area (Å²) in [6, 6.07) is 7.31. The average Bonchev–Trinajstić information content (AvgIpc) is 2.82. The minimum Gasteiger partial charge on any atom is -0.379 e. The molecule has 0 saturated heterocycles. The quantitative estimate of drug-likeness (QED) is 0.892. The van der Waals surface area contributed by atoms with E-state index >= 15 is 0 Å². The number of aryl methyl sites for hydroxylation is 3. The van der Waals surface area contributed by atoms with Crippen LogP contribution in [-0.2, 0) is 19.5 Å². The van der Waals surface area contributed by atoms with Gasteiger partial charge in [0.05, 0.1) is 17.9 Å². The zero-order chi connectivity index (χ0) is 13.8. The molecular formula is C15H20FN3. The van der Waals surface area contributed by atoms with Crippen molar-refractivity contribution in [1.82, 2.24) is 9.78 Å². The molecule has 2 rings (SSSR count). The molecule has 102 valence electrons. The highest BCUT2D eigenvalue weighted by atomic mass is 19.1. The van der Waals surface area contributed by atoms with Gasteiger partial charge in [-0.1, -0.05) is 13.0 Å². The van der Waals surface area contributed by atoms with Crippen molar-refractivity contribution in [1.29, 1.82) is 0 Å². The maximum atomic E-state index is 13.5. The normalized spacial score (nSPS) is 10.7. The number of aromatic nitrogens is 2. The molecule has 0 bridgehead atoms. The summed E-state index contributed by atoms with van der Waals surface area (Å²) in [6.45, 7) is 7.43. The van der Waals surface area contributed by atoms with Crippen LogP contribution in [0.4, 0.5) is 10.1 Å². The molecule has 0 unspecified atom stereocenters. The van der Waals surface area contributed by atoms with Crippen LogP contribution in [0.25, 0.3) is 0 Å². The van der Waals surface area contributed by atoms with Crippen molar-refractivity contribution in [2.75, 3.05) is 5.32 Å². The predicted molar refractivity (Wildman–Crippen MR) is 75.7 cm³/mol. The molecule has 0 atom stereocenters. The van der Waals surface area contributed by atoms with Gasteiger partial charge in [0.15, 0.2) is 0 Å². The highest BCUT2D eigenvalue weighted by Gasteiger charge is 2.06. The summed E-state index contributed by atoms with van der Waals surface area (Å²) < 4.78 is 15.4. The monoisotopic (exact) mass is 261 g/mol. The third kappa shape index (κ3) is 3.13. The first-order valence-electron chi connectivity index (χ1n) is 6.69. The molecule has 1 aromatic heterocycles. The van der Waals surface area contributed by atoms with Crippen molar-refractivity contribution in [2.45, 2.75) is 40.3 Å². The van der Waals surface area contributed by atoms with Gasteiger partial charge in [-0.25, -0.2) is 4.39 Å². The first-order valence-corrected chi connectivity index (χ1v) is 6.69. The Morgan fingerprint density at radius 1 is 1.26 bits per heavy atom. The van der Waals surface area contributed by atoms with Crippen LogP contribution < -0.4 is 5.32 Å². The van der Waals surface area contributed by atoms with Crippen LogP contribution in [0.2, 0.25) is 0 Å². The van der Waals surface area contributed by atoms with Crippen molar-refractivity contribution in [3.63, 3.8) is 0 Å². The van der Waals surface area contributed by atoms with E-state index < -0.39 is 0 Å². The first-order chi connectivity index (χ1) is 9.13. The summed E-state index contributed by atoms with van der Waals surface area (Å²) in [6.07, 6.45) is 0.930. The standard InChI is InChI=1S/C15H20FN3/c1-4-12-8-14(19(5-2)18-12)10-17-13-7-6-11(3)15(16)9-13/h6-9,17H,4-5,10H2,1-3H3. The van der Waals surface area contributed by atoms with Gasteiger partial charge in [-0.3, -0.25) is 4.68 Å². The number of benzene rings is 1. The topological polar surface area (TPSA) is 29.9 Å². The molecule has 1 heterocycles. The Bertz CT molecular complexity index is 561. The summed E-state index contributed by atoms with van der Waals surface area (Å²) in [5.41, 5.74) is 3.68. The molecule has 19 heavy (non-hydrogen) atoms. The van der Waals surface area contributed by atoms with Crippen LogP contribution in [-0.4, -0.2) is 9.78 Å². The van der Waals surface area contributed by atoms with Crippen LogP contribution in [0.1, 0.15) is 30.8 Å².